The molecule has 0 heterocycles. The van der Waals surface area contributed by atoms with Crippen molar-refractivity contribution in [2.45, 2.75) is 20.3 Å². The number of rotatable bonds is 6. The van der Waals surface area contributed by atoms with Crippen LogP contribution in [0.2, 0.25) is 0 Å². The second-order valence-electron chi connectivity index (χ2n) is 5.16. The number of hydrogen-bond donors (Lipinski definition) is 3. The number of benzene rings is 1. The first kappa shape index (κ1) is 14.5. The van der Waals surface area contributed by atoms with Crippen molar-refractivity contribution in [2.24, 2.45) is 5.41 Å². The fraction of sp³-hybridized carbons (Fsp3) is 0.500. The zero-order valence-corrected chi connectivity index (χ0v) is 11.1. The molecule has 0 fully saturated rings. The van der Waals surface area contributed by atoms with Gasteiger partial charge in [0.2, 0.25) is 0 Å². The van der Waals surface area contributed by atoms with E-state index in [2.05, 4.69) is 36.6 Å². The summed E-state index contributed by atoms with van der Waals surface area (Å²) >= 11 is 0. The van der Waals surface area contributed by atoms with Gasteiger partial charge in [0, 0.05) is 13.1 Å². The van der Waals surface area contributed by atoms with E-state index in [1.54, 1.807) is 0 Å². The fourth-order valence-electron chi connectivity index (χ4n) is 1.76. The molecule has 0 aromatic heterocycles. The van der Waals surface area contributed by atoms with Gasteiger partial charge in [0.1, 0.15) is 0 Å². The Morgan fingerprint density at radius 3 is 2.50 bits per heavy atom. The Kier molecular flexibility index (Phi) is 5.65. The highest BCUT2D eigenvalue weighted by molar-refractivity contribution is 5.73. The van der Waals surface area contributed by atoms with E-state index in [0.717, 1.165) is 6.42 Å². The molecule has 1 aromatic rings. The number of aliphatic hydroxyl groups is 1. The molecule has 4 nitrogen and oxygen atoms in total. The van der Waals surface area contributed by atoms with Crippen LogP contribution < -0.4 is 10.6 Å². The lowest BCUT2D eigenvalue weighted by Crippen LogP contribution is -2.42. The molecule has 3 N–H and O–H groups in total. The molecule has 18 heavy (non-hydrogen) atoms. The molecule has 0 bridgehead atoms. The van der Waals surface area contributed by atoms with Crippen molar-refractivity contribution < 1.29 is 9.90 Å². The van der Waals surface area contributed by atoms with Gasteiger partial charge in [-0.3, -0.25) is 0 Å². The number of urea groups is 1. The topological polar surface area (TPSA) is 61.4 Å². The number of nitrogens with one attached hydrogen (secondary N) is 2. The van der Waals surface area contributed by atoms with Gasteiger partial charge in [-0.25, -0.2) is 4.79 Å². The molecule has 1 rings (SSSR count). The van der Waals surface area contributed by atoms with Gasteiger partial charge in [-0.15, -0.1) is 0 Å². The summed E-state index contributed by atoms with van der Waals surface area (Å²) in [5, 5.41) is 14.0. The van der Waals surface area contributed by atoms with E-state index in [1.807, 2.05) is 18.2 Å². The predicted molar refractivity (Wildman–Crippen MR) is 72.4 cm³/mol. The zero-order chi connectivity index (χ0) is 13.4. The molecule has 0 radical (unpaired) electrons. The predicted octanol–water partition coefficient (Wildman–Crippen LogP) is 1.55. The summed E-state index contributed by atoms with van der Waals surface area (Å²) in [6.07, 6.45) is 0.911. The second-order valence-corrected chi connectivity index (χ2v) is 5.16. The van der Waals surface area contributed by atoms with Crippen LogP contribution in [0, 0.1) is 5.41 Å². The quantitative estimate of drug-likeness (QED) is 0.717. The molecule has 0 saturated heterocycles. The normalized spacial score (nSPS) is 11.1. The van der Waals surface area contributed by atoms with Gasteiger partial charge in [0.25, 0.3) is 0 Å². The summed E-state index contributed by atoms with van der Waals surface area (Å²) in [7, 11) is 0. The number of amides is 2. The molecule has 1 aromatic carbocycles. The van der Waals surface area contributed by atoms with Crippen molar-refractivity contribution in [2.75, 3.05) is 19.7 Å². The van der Waals surface area contributed by atoms with E-state index in [4.69, 9.17) is 5.11 Å². The van der Waals surface area contributed by atoms with E-state index >= 15 is 0 Å². The molecule has 0 unspecified atom stereocenters. The van der Waals surface area contributed by atoms with Crippen LogP contribution in [0.5, 0.6) is 0 Å². The molecule has 0 aliphatic carbocycles. The number of carbonyl (C=O) groups excluding carboxylic acids is 1. The molecular formula is C14H22N2O2. The van der Waals surface area contributed by atoms with E-state index in [0.29, 0.717) is 6.54 Å². The molecule has 0 saturated carbocycles. The second kappa shape index (κ2) is 7.01. The smallest absolute Gasteiger partial charge is 0.314 e. The molecular weight excluding hydrogens is 228 g/mol. The van der Waals surface area contributed by atoms with Crippen LogP contribution in [0.25, 0.3) is 0 Å². The lowest BCUT2D eigenvalue weighted by molar-refractivity contribution is 0.227. The maximum Gasteiger partial charge on any atom is 0.314 e. The van der Waals surface area contributed by atoms with Crippen molar-refractivity contribution in [1.82, 2.24) is 10.6 Å². The SMILES string of the molecule is CC(C)(CNC(=O)NCCO)Cc1ccccc1. The highest BCUT2D eigenvalue weighted by Crippen LogP contribution is 2.20. The first-order valence-corrected chi connectivity index (χ1v) is 6.20. The van der Waals surface area contributed by atoms with Gasteiger partial charge >= 0.3 is 6.03 Å². The molecule has 4 heteroatoms. The summed E-state index contributed by atoms with van der Waals surface area (Å²) in [5.41, 5.74) is 1.26. The fourth-order valence-corrected chi connectivity index (χ4v) is 1.76. The van der Waals surface area contributed by atoms with Crippen molar-refractivity contribution in [3.05, 3.63) is 35.9 Å². The molecule has 2 amide bonds. The zero-order valence-electron chi connectivity index (χ0n) is 11.1. The highest BCUT2D eigenvalue weighted by atomic mass is 16.3. The third-order valence-electron chi connectivity index (χ3n) is 2.65. The first-order valence-electron chi connectivity index (χ1n) is 6.20. The Labute approximate surface area is 108 Å². The Morgan fingerprint density at radius 1 is 1.22 bits per heavy atom. The van der Waals surface area contributed by atoms with E-state index in [1.165, 1.54) is 5.56 Å². The van der Waals surface area contributed by atoms with Crippen LogP contribution in [-0.2, 0) is 6.42 Å². The van der Waals surface area contributed by atoms with E-state index in [-0.39, 0.29) is 24.6 Å². The third-order valence-corrected chi connectivity index (χ3v) is 2.65. The highest BCUT2D eigenvalue weighted by Gasteiger charge is 2.19. The van der Waals surface area contributed by atoms with Crippen LogP contribution >= 0.6 is 0 Å². The number of aliphatic hydroxyl groups excluding tert-OH is 1. The summed E-state index contributed by atoms with van der Waals surface area (Å²) in [6, 6.07) is 9.99. The average molecular weight is 250 g/mol. The van der Waals surface area contributed by atoms with Crippen LogP contribution in [-0.4, -0.2) is 30.8 Å². The van der Waals surface area contributed by atoms with Crippen molar-refractivity contribution in [3.8, 4) is 0 Å². The van der Waals surface area contributed by atoms with Gasteiger partial charge in [0.05, 0.1) is 6.61 Å². The molecule has 0 spiro atoms. The summed E-state index contributed by atoms with van der Waals surface area (Å²) in [6.45, 7) is 5.07. The molecule has 0 aliphatic heterocycles. The summed E-state index contributed by atoms with van der Waals surface area (Å²) in [5.74, 6) is 0. The standard InChI is InChI=1S/C14H22N2O2/c1-14(2,10-12-6-4-3-5-7-12)11-16-13(18)15-8-9-17/h3-7,17H,8-11H2,1-2H3,(H2,15,16,18). The van der Waals surface area contributed by atoms with E-state index in [9.17, 15) is 4.79 Å². The largest absolute Gasteiger partial charge is 0.395 e. The Bertz CT molecular complexity index is 363. The van der Waals surface area contributed by atoms with Gasteiger partial charge in [0.15, 0.2) is 0 Å². The van der Waals surface area contributed by atoms with Gasteiger partial charge < -0.3 is 15.7 Å². The molecule has 0 atom stereocenters. The Hall–Kier alpha value is -1.55. The Balaban J connectivity index is 2.38. The molecule has 0 aliphatic rings. The molecule has 100 valence electrons. The van der Waals surface area contributed by atoms with Gasteiger partial charge in [-0.05, 0) is 17.4 Å². The van der Waals surface area contributed by atoms with Crippen LogP contribution in [0.15, 0.2) is 30.3 Å². The minimum Gasteiger partial charge on any atom is -0.395 e. The van der Waals surface area contributed by atoms with Crippen molar-refractivity contribution in [1.29, 1.82) is 0 Å². The summed E-state index contributed by atoms with van der Waals surface area (Å²) < 4.78 is 0. The lowest BCUT2D eigenvalue weighted by atomic mass is 9.86. The van der Waals surface area contributed by atoms with Crippen LogP contribution in [0.3, 0.4) is 0 Å². The minimum atomic E-state index is -0.231. The number of hydrogen-bond acceptors (Lipinski definition) is 2. The maximum atomic E-state index is 11.4. The van der Waals surface area contributed by atoms with Gasteiger partial charge in [-0.1, -0.05) is 44.2 Å². The maximum absolute atomic E-state index is 11.4. The minimum absolute atomic E-state index is 0.00208. The van der Waals surface area contributed by atoms with Crippen molar-refractivity contribution in [3.63, 3.8) is 0 Å². The van der Waals surface area contributed by atoms with Crippen LogP contribution in [0.4, 0.5) is 4.79 Å². The number of carbonyl (C=O) groups is 1. The Morgan fingerprint density at radius 2 is 1.89 bits per heavy atom. The third kappa shape index (κ3) is 5.68. The van der Waals surface area contributed by atoms with Crippen LogP contribution in [0.1, 0.15) is 19.4 Å². The first-order chi connectivity index (χ1) is 8.53. The van der Waals surface area contributed by atoms with E-state index < -0.39 is 0 Å². The van der Waals surface area contributed by atoms with Gasteiger partial charge in [-0.2, -0.15) is 0 Å². The van der Waals surface area contributed by atoms with Crippen molar-refractivity contribution >= 4 is 6.03 Å². The average Bonchev–Trinajstić information content (AvgIpc) is 2.35. The monoisotopic (exact) mass is 250 g/mol. The summed E-state index contributed by atoms with van der Waals surface area (Å²) in [4.78, 5) is 11.4. The lowest BCUT2D eigenvalue weighted by Gasteiger charge is -2.25.